The number of morpholine rings is 1. The first-order valence-electron chi connectivity index (χ1n) is 6.85. The molecule has 2 atom stereocenters. The van der Waals surface area contributed by atoms with Gasteiger partial charge in [0.1, 0.15) is 5.60 Å². The molecule has 0 aromatic carbocycles. The average Bonchev–Trinajstić information content (AvgIpc) is 2.61. The molecule has 6 heteroatoms. The molecule has 19 heavy (non-hydrogen) atoms. The van der Waals surface area contributed by atoms with E-state index in [0.29, 0.717) is 26.3 Å². The molecule has 5 nitrogen and oxygen atoms in total. The second-order valence-electron chi connectivity index (χ2n) is 7.02. The molecule has 0 bridgehead atoms. The molecule has 2 rings (SSSR count). The normalized spacial score (nSPS) is 34.0. The Kier molecular flexibility index (Phi) is 3.99. The summed E-state index contributed by atoms with van der Waals surface area (Å²) in [6.07, 6.45) is 0.698. The van der Waals surface area contributed by atoms with Crippen molar-refractivity contribution in [3.8, 4) is 0 Å². The molecule has 0 radical (unpaired) electrons. The molecular weight excluding hydrogens is 266 g/mol. The van der Waals surface area contributed by atoms with Crippen LogP contribution in [-0.4, -0.2) is 56.5 Å². The third kappa shape index (κ3) is 3.68. The van der Waals surface area contributed by atoms with E-state index >= 15 is 0 Å². The lowest BCUT2D eigenvalue weighted by Crippen LogP contribution is -2.57. The van der Waals surface area contributed by atoms with Gasteiger partial charge in [-0.2, -0.15) is 4.31 Å². The summed E-state index contributed by atoms with van der Waals surface area (Å²) < 4.78 is 38.0. The smallest absolute Gasteiger partial charge is 0.214 e. The van der Waals surface area contributed by atoms with E-state index in [-0.39, 0.29) is 17.3 Å². The van der Waals surface area contributed by atoms with Gasteiger partial charge < -0.3 is 9.47 Å². The van der Waals surface area contributed by atoms with Crippen LogP contribution in [0.4, 0.5) is 0 Å². The molecule has 0 aliphatic carbocycles. The predicted molar refractivity (Wildman–Crippen MR) is 73.5 cm³/mol. The lowest BCUT2D eigenvalue weighted by Gasteiger charge is -2.42. The van der Waals surface area contributed by atoms with Crippen LogP contribution < -0.4 is 0 Å². The highest BCUT2D eigenvalue weighted by atomic mass is 32.2. The van der Waals surface area contributed by atoms with E-state index in [9.17, 15) is 8.42 Å². The zero-order valence-corrected chi connectivity index (χ0v) is 13.1. The molecule has 1 spiro atoms. The first kappa shape index (κ1) is 15.2. The van der Waals surface area contributed by atoms with E-state index in [2.05, 4.69) is 0 Å². The van der Waals surface area contributed by atoms with Crippen LogP contribution in [0.2, 0.25) is 0 Å². The molecule has 0 aromatic rings. The molecule has 2 aliphatic heterocycles. The van der Waals surface area contributed by atoms with Crippen molar-refractivity contribution >= 4 is 10.0 Å². The van der Waals surface area contributed by atoms with Gasteiger partial charge in [-0.25, -0.2) is 8.42 Å². The van der Waals surface area contributed by atoms with Crippen molar-refractivity contribution in [1.82, 2.24) is 4.31 Å². The minimum atomic E-state index is -3.24. The Morgan fingerprint density at radius 2 is 2.05 bits per heavy atom. The average molecular weight is 291 g/mol. The minimum absolute atomic E-state index is 0.0785. The van der Waals surface area contributed by atoms with Crippen molar-refractivity contribution in [1.29, 1.82) is 0 Å². The number of hydrogen-bond acceptors (Lipinski definition) is 4. The summed E-state index contributed by atoms with van der Waals surface area (Å²) in [6.45, 7) is 9.79. The lowest BCUT2D eigenvalue weighted by atomic mass is 10.0. The van der Waals surface area contributed by atoms with Gasteiger partial charge >= 0.3 is 0 Å². The summed E-state index contributed by atoms with van der Waals surface area (Å²) in [6, 6.07) is 0. The van der Waals surface area contributed by atoms with Gasteiger partial charge in [-0.3, -0.25) is 0 Å². The van der Waals surface area contributed by atoms with E-state index in [4.69, 9.17) is 9.47 Å². The maximum atomic E-state index is 12.5. The Balaban J connectivity index is 2.15. The van der Waals surface area contributed by atoms with Gasteiger partial charge in [0.25, 0.3) is 0 Å². The molecule has 0 saturated carbocycles. The van der Waals surface area contributed by atoms with E-state index in [1.54, 1.807) is 4.31 Å². The predicted octanol–water partition coefficient (Wildman–Crippen LogP) is 1.24. The summed E-state index contributed by atoms with van der Waals surface area (Å²) in [5.41, 5.74) is -0.664. The Morgan fingerprint density at radius 3 is 2.58 bits per heavy atom. The van der Waals surface area contributed by atoms with E-state index in [1.165, 1.54) is 0 Å². The molecule has 0 aromatic heterocycles. The SMILES string of the molecule is C[C@@H]1CN(S(=O)(=O)CC(C)(C)C)C[C@@]2(CCOC2)O1. The highest BCUT2D eigenvalue weighted by molar-refractivity contribution is 7.89. The fourth-order valence-corrected chi connectivity index (χ4v) is 4.98. The lowest BCUT2D eigenvalue weighted by molar-refractivity contribution is -0.130. The van der Waals surface area contributed by atoms with Gasteiger partial charge in [0.15, 0.2) is 0 Å². The number of sulfonamides is 1. The van der Waals surface area contributed by atoms with Crippen molar-refractivity contribution in [3.05, 3.63) is 0 Å². The molecule has 2 fully saturated rings. The molecule has 0 N–H and O–H groups in total. The van der Waals surface area contributed by atoms with Crippen molar-refractivity contribution in [2.24, 2.45) is 5.41 Å². The van der Waals surface area contributed by atoms with Crippen LogP contribution in [0.1, 0.15) is 34.1 Å². The third-order valence-corrected chi connectivity index (χ3v) is 5.75. The van der Waals surface area contributed by atoms with Crippen molar-refractivity contribution < 1.29 is 17.9 Å². The maximum Gasteiger partial charge on any atom is 0.214 e. The Labute approximate surface area is 116 Å². The van der Waals surface area contributed by atoms with Gasteiger partial charge in [0, 0.05) is 26.1 Å². The highest BCUT2D eigenvalue weighted by Crippen LogP contribution is 2.32. The summed E-state index contributed by atoms with van der Waals surface area (Å²) >= 11 is 0. The number of hydrogen-bond donors (Lipinski definition) is 0. The Bertz CT molecular complexity index is 420. The molecule has 2 aliphatic rings. The molecule has 2 saturated heterocycles. The van der Waals surface area contributed by atoms with Crippen LogP contribution in [-0.2, 0) is 19.5 Å². The molecule has 112 valence electrons. The van der Waals surface area contributed by atoms with Crippen LogP contribution in [0.5, 0.6) is 0 Å². The Morgan fingerprint density at radius 1 is 1.37 bits per heavy atom. The topological polar surface area (TPSA) is 55.8 Å². The molecule has 2 heterocycles. The zero-order valence-electron chi connectivity index (χ0n) is 12.3. The van der Waals surface area contributed by atoms with E-state index in [1.807, 2.05) is 27.7 Å². The van der Waals surface area contributed by atoms with Gasteiger partial charge in [-0.15, -0.1) is 0 Å². The highest BCUT2D eigenvalue weighted by Gasteiger charge is 2.46. The summed E-state index contributed by atoms with van der Waals surface area (Å²) in [4.78, 5) is 0. The second kappa shape index (κ2) is 4.98. The van der Waals surface area contributed by atoms with Gasteiger partial charge in [0.05, 0.1) is 18.5 Å². The van der Waals surface area contributed by atoms with Gasteiger partial charge in [-0.05, 0) is 12.3 Å². The fourth-order valence-electron chi connectivity index (χ4n) is 2.83. The van der Waals surface area contributed by atoms with Crippen LogP contribution >= 0.6 is 0 Å². The van der Waals surface area contributed by atoms with Crippen LogP contribution in [0.15, 0.2) is 0 Å². The first-order chi connectivity index (χ1) is 8.62. The van der Waals surface area contributed by atoms with Crippen molar-refractivity contribution in [2.45, 2.75) is 45.8 Å². The standard InChI is InChI=1S/C13H25NO4S/c1-11-7-14(19(15,16)10-12(2,3)4)8-13(18-11)5-6-17-9-13/h11H,5-10H2,1-4H3/t11-,13-/m1/s1. The maximum absolute atomic E-state index is 12.5. The minimum Gasteiger partial charge on any atom is -0.378 e. The third-order valence-electron chi connectivity index (χ3n) is 3.45. The summed E-state index contributed by atoms with van der Waals surface area (Å²) in [5, 5.41) is 0. The number of rotatable bonds is 2. The van der Waals surface area contributed by atoms with Crippen LogP contribution in [0.3, 0.4) is 0 Å². The van der Waals surface area contributed by atoms with Gasteiger partial charge in [-0.1, -0.05) is 20.8 Å². The zero-order chi connectivity index (χ0) is 14.3. The largest absolute Gasteiger partial charge is 0.378 e. The van der Waals surface area contributed by atoms with Crippen LogP contribution in [0.25, 0.3) is 0 Å². The van der Waals surface area contributed by atoms with Crippen LogP contribution in [0, 0.1) is 5.41 Å². The van der Waals surface area contributed by atoms with Crippen molar-refractivity contribution in [2.75, 3.05) is 32.1 Å². The molecule has 0 unspecified atom stereocenters. The number of nitrogens with zero attached hydrogens (tertiary/aromatic N) is 1. The number of ether oxygens (including phenoxy) is 2. The van der Waals surface area contributed by atoms with E-state index in [0.717, 1.165) is 6.42 Å². The summed E-state index contributed by atoms with van der Waals surface area (Å²) in [7, 11) is -3.24. The summed E-state index contributed by atoms with van der Waals surface area (Å²) in [5.74, 6) is 0.170. The quantitative estimate of drug-likeness (QED) is 0.768. The fraction of sp³-hybridized carbons (Fsp3) is 1.00. The van der Waals surface area contributed by atoms with Crippen molar-refractivity contribution in [3.63, 3.8) is 0 Å². The Hall–Kier alpha value is -0.170. The first-order valence-corrected chi connectivity index (χ1v) is 8.46. The molecular formula is C13H25NO4S. The molecule has 0 amide bonds. The second-order valence-corrected chi connectivity index (χ2v) is 8.99. The van der Waals surface area contributed by atoms with Gasteiger partial charge in [0.2, 0.25) is 10.0 Å². The monoisotopic (exact) mass is 291 g/mol. The van der Waals surface area contributed by atoms with E-state index < -0.39 is 15.6 Å².